The van der Waals surface area contributed by atoms with E-state index in [1.807, 2.05) is 19.1 Å². The summed E-state index contributed by atoms with van der Waals surface area (Å²) in [7, 11) is 1.43. The van der Waals surface area contributed by atoms with E-state index in [1.165, 1.54) is 25.4 Å². The number of nitrogens with one attached hydrogen (secondary N) is 1. The minimum atomic E-state index is -1.02. The number of halogens is 1. The van der Waals surface area contributed by atoms with Crippen LogP contribution in [0.1, 0.15) is 33.9 Å². The molecule has 0 fully saturated rings. The monoisotopic (exact) mass is 408 g/mol. The number of amides is 1. The highest BCUT2D eigenvalue weighted by Crippen LogP contribution is 2.30. The number of aliphatic carboxylic acids is 1. The van der Waals surface area contributed by atoms with Gasteiger partial charge in [-0.05, 0) is 36.2 Å². The molecule has 0 radical (unpaired) electrons. The molecule has 3 aromatic rings. The Morgan fingerprint density at radius 1 is 1.17 bits per heavy atom. The van der Waals surface area contributed by atoms with Crippen LogP contribution in [0, 0.1) is 12.7 Å². The minimum Gasteiger partial charge on any atom is -0.496 e. The predicted octanol–water partition coefficient (Wildman–Crippen LogP) is 4.15. The molecule has 6 nitrogen and oxygen atoms in total. The summed E-state index contributed by atoms with van der Waals surface area (Å²) in [6.07, 6.45) is 2.68. The van der Waals surface area contributed by atoms with E-state index in [4.69, 9.17) is 4.74 Å². The topological polar surface area (TPSA) is 88.5 Å². The van der Waals surface area contributed by atoms with Gasteiger partial charge in [0.05, 0.1) is 25.1 Å². The van der Waals surface area contributed by atoms with Crippen molar-refractivity contribution >= 4 is 11.9 Å². The van der Waals surface area contributed by atoms with Gasteiger partial charge in [-0.1, -0.05) is 24.3 Å². The second kappa shape index (κ2) is 9.17. The molecule has 1 aromatic heterocycles. The third-order valence-corrected chi connectivity index (χ3v) is 4.72. The van der Waals surface area contributed by atoms with Crippen molar-refractivity contribution in [3.05, 3.63) is 83.4 Å². The lowest BCUT2D eigenvalue weighted by molar-refractivity contribution is -0.137. The number of aromatic nitrogens is 1. The Bertz CT molecular complexity index is 1080. The number of benzene rings is 2. The quantitative estimate of drug-likeness (QED) is 0.613. The van der Waals surface area contributed by atoms with Crippen molar-refractivity contribution in [2.75, 3.05) is 7.11 Å². The summed E-state index contributed by atoms with van der Waals surface area (Å²) < 4.78 is 18.7. The van der Waals surface area contributed by atoms with Gasteiger partial charge in [0.1, 0.15) is 11.6 Å². The first kappa shape index (κ1) is 21.0. The maximum absolute atomic E-state index is 13.5. The number of carboxylic acid groups (broad SMARTS) is 1. The number of nitrogens with zero attached hydrogens (tertiary/aromatic N) is 1. The van der Waals surface area contributed by atoms with E-state index in [0.29, 0.717) is 16.9 Å². The number of aryl methyl sites for hydroxylation is 1. The van der Waals surface area contributed by atoms with Crippen molar-refractivity contribution in [1.82, 2.24) is 10.3 Å². The summed E-state index contributed by atoms with van der Waals surface area (Å²) in [5.74, 6) is -1.60. The number of carboxylic acids is 1. The molecule has 2 N–H and O–H groups in total. The molecule has 7 heteroatoms. The first-order valence-electron chi connectivity index (χ1n) is 9.26. The number of hydrogen-bond acceptors (Lipinski definition) is 4. The zero-order chi connectivity index (χ0) is 21.7. The van der Waals surface area contributed by atoms with Gasteiger partial charge in [0.15, 0.2) is 0 Å². The van der Waals surface area contributed by atoms with Crippen LogP contribution < -0.4 is 10.1 Å². The van der Waals surface area contributed by atoms with E-state index < -0.39 is 23.7 Å². The molecule has 0 spiro atoms. The summed E-state index contributed by atoms with van der Waals surface area (Å²) in [4.78, 5) is 28.3. The van der Waals surface area contributed by atoms with Crippen molar-refractivity contribution in [1.29, 1.82) is 0 Å². The van der Waals surface area contributed by atoms with Gasteiger partial charge in [-0.3, -0.25) is 14.6 Å². The fraction of sp³-hybridized carbons (Fsp3) is 0.174. The molecule has 0 aliphatic carbocycles. The fourth-order valence-corrected chi connectivity index (χ4v) is 3.25. The first-order chi connectivity index (χ1) is 14.4. The van der Waals surface area contributed by atoms with Crippen molar-refractivity contribution < 1.29 is 23.8 Å². The molecule has 0 aliphatic rings. The summed E-state index contributed by atoms with van der Waals surface area (Å²) in [5, 5.41) is 12.1. The van der Waals surface area contributed by atoms with Crippen LogP contribution in [0.4, 0.5) is 4.39 Å². The SMILES string of the molecule is COc1cc(F)ccc1-c1cncc(C(=O)N[C@@H](CC(=O)O)c2ccccc2C)c1. The number of ether oxygens (including phenoxy) is 1. The van der Waals surface area contributed by atoms with Crippen LogP contribution in [0.5, 0.6) is 5.75 Å². The summed E-state index contributed by atoms with van der Waals surface area (Å²) in [6.45, 7) is 1.86. The Morgan fingerprint density at radius 2 is 1.93 bits per heavy atom. The van der Waals surface area contributed by atoms with Gasteiger partial charge in [0.2, 0.25) is 0 Å². The highest BCUT2D eigenvalue weighted by Gasteiger charge is 2.21. The van der Waals surface area contributed by atoms with Crippen LogP contribution in [0.2, 0.25) is 0 Å². The van der Waals surface area contributed by atoms with E-state index >= 15 is 0 Å². The number of carbonyl (C=O) groups is 2. The van der Waals surface area contributed by atoms with Gasteiger partial charge >= 0.3 is 5.97 Å². The Kier molecular flexibility index (Phi) is 6.41. The lowest BCUT2D eigenvalue weighted by Crippen LogP contribution is -2.30. The van der Waals surface area contributed by atoms with Gasteiger partial charge in [0.25, 0.3) is 5.91 Å². The molecule has 1 atom stereocenters. The third-order valence-electron chi connectivity index (χ3n) is 4.72. The molecular formula is C23H21FN2O4. The molecule has 1 amide bonds. The van der Waals surface area contributed by atoms with E-state index in [1.54, 1.807) is 30.5 Å². The molecule has 0 saturated heterocycles. The average Bonchev–Trinajstić information content (AvgIpc) is 2.73. The lowest BCUT2D eigenvalue weighted by atomic mass is 9.98. The smallest absolute Gasteiger partial charge is 0.305 e. The molecule has 0 unspecified atom stereocenters. The van der Waals surface area contributed by atoms with Crippen LogP contribution in [-0.4, -0.2) is 29.1 Å². The molecule has 2 aromatic carbocycles. The Morgan fingerprint density at radius 3 is 2.63 bits per heavy atom. The molecule has 3 rings (SSSR count). The van der Waals surface area contributed by atoms with Crippen LogP contribution in [0.25, 0.3) is 11.1 Å². The zero-order valence-corrected chi connectivity index (χ0v) is 16.6. The summed E-state index contributed by atoms with van der Waals surface area (Å²) in [5.41, 5.74) is 3.03. The number of hydrogen-bond donors (Lipinski definition) is 2. The Balaban J connectivity index is 1.90. The number of rotatable bonds is 7. The zero-order valence-electron chi connectivity index (χ0n) is 16.6. The number of pyridine rings is 1. The van der Waals surface area contributed by atoms with Gasteiger partial charge in [-0.2, -0.15) is 0 Å². The van der Waals surface area contributed by atoms with Crippen LogP contribution in [0.15, 0.2) is 60.9 Å². The van der Waals surface area contributed by atoms with Crippen molar-refractivity contribution in [2.24, 2.45) is 0 Å². The number of carbonyl (C=O) groups excluding carboxylic acids is 1. The second-order valence-electron chi connectivity index (χ2n) is 6.79. The maximum Gasteiger partial charge on any atom is 0.305 e. The van der Waals surface area contributed by atoms with Crippen molar-refractivity contribution in [3.63, 3.8) is 0 Å². The standard InChI is InChI=1S/C23H21FN2O4/c1-14-5-3-4-6-18(14)20(11-22(27)28)26-23(29)16-9-15(12-25-13-16)19-8-7-17(24)10-21(19)30-2/h3-10,12-13,20H,11H2,1-2H3,(H,26,29)(H,27,28)/t20-/m0/s1. The molecular weight excluding hydrogens is 387 g/mol. The fourth-order valence-electron chi connectivity index (χ4n) is 3.25. The number of methoxy groups -OCH3 is 1. The molecule has 0 saturated carbocycles. The lowest BCUT2D eigenvalue weighted by Gasteiger charge is -2.19. The summed E-state index contributed by atoms with van der Waals surface area (Å²) in [6, 6.07) is 12.3. The normalized spacial score (nSPS) is 11.6. The molecule has 30 heavy (non-hydrogen) atoms. The van der Waals surface area contributed by atoms with Crippen LogP contribution in [-0.2, 0) is 4.79 Å². The largest absolute Gasteiger partial charge is 0.496 e. The second-order valence-corrected chi connectivity index (χ2v) is 6.79. The van der Waals surface area contributed by atoms with Gasteiger partial charge in [-0.25, -0.2) is 4.39 Å². The van der Waals surface area contributed by atoms with Crippen LogP contribution in [0.3, 0.4) is 0 Å². The van der Waals surface area contributed by atoms with E-state index in [0.717, 1.165) is 11.1 Å². The van der Waals surface area contributed by atoms with Crippen molar-refractivity contribution in [2.45, 2.75) is 19.4 Å². The van der Waals surface area contributed by atoms with E-state index in [2.05, 4.69) is 10.3 Å². The predicted molar refractivity (Wildman–Crippen MR) is 110 cm³/mol. The van der Waals surface area contributed by atoms with Crippen molar-refractivity contribution in [3.8, 4) is 16.9 Å². The van der Waals surface area contributed by atoms with Gasteiger partial charge in [0, 0.05) is 29.6 Å². The van der Waals surface area contributed by atoms with E-state index in [9.17, 15) is 19.1 Å². The van der Waals surface area contributed by atoms with Crippen LogP contribution >= 0.6 is 0 Å². The first-order valence-corrected chi connectivity index (χ1v) is 9.26. The Labute approximate surface area is 173 Å². The Hall–Kier alpha value is -3.74. The van der Waals surface area contributed by atoms with Gasteiger partial charge < -0.3 is 15.2 Å². The van der Waals surface area contributed by atoms with E-state index in [-0.39, 0.29) is 12.0 Å². The highest BCUT2D eigenvalue weighted by molar-refractivity contribution is 5.95. The minimum absolute atomic E-state index is 0.253. The highest BCUT2D eigenvalue weighted by atomic mass is 19.1. The molecule has 0 aliphatic heterocycles. The maximum atomic E-state index is 13.5. The molecule has 1 heterocycles. The third kappa shape index (κ3) is 4.81. The van der Waals surface area contributed by atoms with Gasteiger partial charge in [-0.15, -0.1) is 0 Å². The average molecular weight is 408 g/mol. The summed E-state index contributed by atoms with van der Waals surface area (Å²) >= 11 is 0. The molecule has 0 bridgehead atoms. The molecule has 154 valence electrons.